The number of nitrogens with zero attached hydrogens (tertiary/aromatic N) is 1. The first-order chi connectivity index (χ1) is 9.95. The van der Waals surface area contributed by atoms with Gasteiger partial charge in [0.05, 0.1) is 25.2 Å². The lowest BCUT2D eigenvalue weighted by atomic mass is 10.3. The average molecular weight is 451 g/mol. The van der Waals surface area contributed by atoms with Crippen LogP contribution in [-0.4, -0.2) is 18.4 Å². The summed E-state index contributed by atoms with van der Waals surface area (Å²) in [4.78, 5) is 7.64. The summed E-state index contributed by atoms with van der Waals surface area (Å²) in [6, 6.07) is 9.12. The molecule has 0 amide bonds. The second-order valence-electron chi connectivity index (χ2n) is 4.21. The van der Waals surface area contributed by atoms with E-state index in [0.717, 1.165) is 14.8 Å². The van der Waals surface area contributed by atoms with E-state index in [4.69, 9.17) is 0 Å². The third kappa shape index (κ3) is 3.21. The largest absolute Gasteiger partial charge is 0.341 e. The SMILES string of the molecule is O=S(=O)(NCc1nc2ccccc2[nH]1)c1cc(Br)sc1Br. The molecule has 3 rings (SSSR count). The first kappa shape index (κ1) is 15.2. The fourth-order valence-corrected chi connectivity index (χ4v) is 6.64. The van der Waals surface area contributed by atoms with Crippen molar-refractivity contribution in [1.82, 2.24) is 14.7 Å². The summed E-state index contributed by atoms with van der Waals surface area (Å²) in [5, 5.41) is 0. The lowest BCUT2D eigenvalue weighted by molar-refractivity contribution is 0.579. The fourth-order valence-electron chi connectivity index (χ4n) is 1.84. The molecular formula is C12H9Br2N3O2S2. The van der Waals surface area contributed by atoms with E-state index in [-0.39, 0.29) is 11.4 Å². The number of H-pyrrole nitrogens is 1. The van der Waals surface area contributed by atoms with Crippen LogP contribution < -0.4 is 4.72 Å². The zero-order valence-electron chi connectivity index (χ0n) is 10.4. The Morgan fingerprint density at radius 1 is 1.29 bits per heavy atom. The number of hydrogen-bond donors (Lipinski definition) is 2. The van der Waals surface area contributed by atoms with E-state index in [0.29, 0.717) is 9.61 Å². The Kier molecular flexibility index (Phi) is 4.19. The smallest absolute Gasteiger partial charge is 0.242 e. The van der Waals surface area contributed by atoms with Gasteiger partial charge in [0.15, 0.2) is 0 Å². The van der Waals surface area contributed by atoms with Crippen LogP contribution in [0.15, 0.2) is 42.8 Å². The minimum Gasteiger partial charge on any atom is -0.341 e. The molecule has 0 radical (unpaired) electrons. The standard InChI is InChI=1S/C12H9Br2N3O2S2/c13-10-5-9(12(14)20-10)21(18,19)15-6-11-16-7-3-1-2-4-8(7)17-11/h1-5,15H,6H2,(H,16,17). The molecule has 2 N–H and O–H groups in total. The van der Waals surface area contributed by atoms with Crippen LogP contribution in [0.4, 0.5) is 0 Å². The van der Waals surface area contributed by atoms with E-state index in [1.54, 1.807) is 6.07 Å². The van der Waals surface area contributed by atoms with Crippen LogP contribution >= 0.6 is 43.2 Å². The molecule has 0 aliphatic carbocycles. The number of imidazole rings is 1. The van der Waals surface area contributed by atoms with Crippen LogP contribution in [0, 0.1) is 0 Å². The molecule has 21 heavy (non-hydrogen) atoms. The molecule has 2 heterocycles. The molecule has 110 valence electrons. The van der Waals surface area contributed by atoms with Gasteiger partial charge in [-0.05, 0) is 50.1 Å². The van der Waals surface area contributed by atoms with Gasteiger partial charge >= 0.3 is 0 Å². The van der Waals surface area contributed by atoms with Gasteiger partial charge in [-0.15, -0.1) is 11.3 Å². The van der Waals surface area contributed by atoms with Gasteiger partial charge in [0.25, 0.3) is 0 Å². The first-order valence-corrected chi connectivity index (χ1v) is 9.72. The summed E-state index contributed by atoms with van der Waals surface area (Å²) in [5.74, 6) is 0.574. The van der Waals surface area contributed by atoms with E-state index in [9.17, 15) is 8.42 Å². The predicted molar refractivity (Wildman–Crippen MR) is 89.8 cm³/mol. The summed E-state index contributed by atoms with van der Waals surface area (Å²) in [6.45, 7) is 0.108. The molecule has 0 aliphatic rings. The number of rotatable bonds is 4. The van der Waals surface area contributed by atoms with Crippen molar-refractivity contribution in [3.05, 3.63) is 43.7 Å². The Balaban J connectivity index is 1.82. The van der Waals surface area contributed by atoms with Gasteiger partial charge in [-0.2, -0.15) is 0 Å². The second-order valence-corrected chi connectivity index (χ2v) is 9.70. The molecule has 0 atom stereocenters. The minimum absolute atomic E-state index is 0.108. The molecule has 0 fully saturated rings. The van der Waals surface area contributed by atoms with Crippen molar-refractivity contribution in [3.63, 3.8) is 0 Å². The Morgan fingerprint density at radius 3 is 2.71 bits per heavy atom. The van der Waals surface area contributed by atoms with Crippen LogP contribution in [0.1, 0.15) is 5.82 Å². The molecule has 1 aromatic carbocycles. The zero-order valence-corrected chi connectivity index (χ0v) is 15.2. The number of halogens is 2. The first-order valence-electron chi connectivity index (χ1n) is 5.84. The Morgan fingerprint density at radius 2 is 2.05 bits per heavy atom. The van der Waals surface area contributed by atoms with Gasteiger partial charge in [0, 0.05) is 0 Å². The number of sulfonamides is 1. The number of aromatic nitrogens is 2. The van der Waals surface area contributed by atoms with E-state index in [1.165, 1.54) is 11.3 Å². The third-order valence-electron chi connectivity index (χ3n) is 2.78. The van der Waals surface area contributed by atoms with Gasteiger partial charge in [0.2, 0.25) is 10.0 Å². The number of aromatic amines is 1. The van der Waals surface area contributed by atoms with Gasteiger partial charge in [-0.25, -0.2) is 18.1 Å². The average Bonchev–Trinajstić information content (AvgIpc) is 2.99. The number of thiophene rings is 1. The lowest BCUT2D eigenvalue weighted by Gasteiger charge is -2.03. The molecule has 5 nitrogen and oxygen atoms in total. The Labute approximate surface area is 142 Å². The minimum atomic E-state index is -3.58. The number of hydrogen-bond acceptors (Lipinski definition) is 4. The lowest BCUT2D eigenvalue weighted by Crippen LogP contribution is -2.23. The molecule has 0 aliphatic heterocycles. The van der Waals surface area contributed by atoms with Crippen molar-refractivity contribution in [3.8, 4) is 0 Å². The summed E-state index contributed by atoms with van der Waals surface area (Å²) in [7, 11) is -3.58. The van der Waals surface area contributed by atoms with Crippen molar-refractivity contribution in [2.45, 2.75) is 11.4 Å². The van der Waals surface area contributed by atoms with Crippen LogP contribution in [0.25, 0.3) is 11.0 Å². The number of para-hydroxylation sites is 2. The van der Waals surface area contributed by atoms with Crippen LogP contribution in [-0.2, 0) is 16.6 Å². The maximum absolute atomic E-state index is 12.3. The summed E-state index contributed by atoms with van der Waals surface area (Å²) in [5.41, 5.74) is 1.69. The molecule has 0 saturated carbocycles. The van der Waals surface area contributed by atoms with Gasteiger partial charge < -0.3 is 4.98 Å². The normalized spacial score (nSPS) is 12.1. The highest BCUT2D eigenvalue weighted by molar-refractivity contribution is 9.12. The molecule has 3 aromatic rings. The van der Waals surface area contributed by atoms with E-state index in [1.807, 2.05) is 24.3 Å². The van der Waals surface area contributed by atoms with Crippen molar-refractivity contribution in [2.75, 3.05) is 0 Å². The quantitative estimate of drug-likeness (QED) is 0.637. The summed E-state index contributed by atoms with van der Waals surface area (Å²) < 4.78 is 28.4. The maximum atomic E-state index is 12.3. The van der Waals surface area contributed by atoms with E-state index < -0.39 is 10.0 Å². The molecule has 0 spiro atoms. The molecule has 0 saturated heterocycles. The van der Waals surface area contributed by atoms with Crippen molar-refractivity contribution < 1.29 is 8.42 Å². The second kappa shape index (κ2) is 5.81. The Bertz CT molecular complexity index is 869. The molecule has 9 heteroatoms. The third-order valence-corrected chi connectivity index (χ3v) is 6.94. The van der Waals surface area contributed by atoms with E-state index in [2.05, 4.69) is 46.5 Å². The van der Waals surface area contributed by atoms with Gasteiger partial charge in [-0.3, -0.25) is 0 Å². The fraction of sp³-hybridized carbons (Fsp3) is 0.0833. The molecular weight excluding hydrogens is 442 g/mol. The van der Waals surface area contributed by atoms with Gasteiger partial charge in [0.1, 0.15) is 10.7 Å². The zero-order chi connectivity index (χ0) is 15.0. The highest BCUT2D eigenvalue weighted by Gasteiger charge is 2.20. The molecule has 2 aromatic heterocycles. The maximum Gasteiger partial charge on any atom is 0.242 e. The molecule has 0 bridgehead atoms. The predicted octanol–water partition coefficient (Wildman–Crippen LogP) is 3.63. The van der Waals surface area contributed by atoms with Crippen molar-refractivity contribution in [1.29, 1.82) is 0 Å². The van der Waals surface area contributed by atoms with Crippen LogP contribution in [0.3, 0.4) is 0 Å². The van der Waals surface area contributed by atoms with Crippen LogP contribution in [0.2, 0.25) is 0 Å². The molecule has 0 unspecified atom stereocenters. The highest BCUT2D eigenvalue weighted by atomic mass is 79.9. The van der Waals surface area contributed by atoms with Crippen molar-refractivity contribution >= 4 is 64.3 Å². The number of fused-ring (bicyclic) bond motifs is 1. The summed E-state index contributed by atoms with van der Waals surface area (Å²) in [6.07, 6.45) is 0. The van der Waals surface area contributed by atoms with Crippen LogP contribution in [0.5, 0.6) is 0 Å². The number of benzene rings is 1. The highest BCUT2D eigenvalue weighted by Crippen LogP contribution is 2.34. The monoisotopic (exact) mass is 449 g/mol. The van der Waals surface area contributed by atoms with E-state index >= 15 is 0 Å². The number of nitrogens with one attached hydrogen (secondary N) is 2. The van der Waals surface area contributed by atoms with Gasteiger partial charge in [-0.1, -0.05) is 12.1 Å². The van der Waals surface area contributed by atoms with Crippen molar-refractivity contribution in [2.24, 2.45) is 0 Å². The topological polar surface area (TPSA) is 74.8 Å². The Hall–Kier alpha value is -0.740. The summed E-state index contributed by atoms with van der Waals surface area (Å²) >= 11 is 7.84.